The first kappa shape index (κ1) is 19.1. The van der Waals surface area contributed by atoms with Crippen molar-refractivity contribution >= 4 is 5.91 Å². The van der Waals surface area contributed by atoms with E-state index in [1.165, 1.54) is 0 Å². The summed E-state index contributed by atoms with van der Waals surface area (Å²) < 4.78 is 5.22. The molecule has 1 fully saturated rings. The molecule has 0 bridgehead atoms. The van der Waals surface area contributed by atoms with Crippen molar-refractivity contribution < 1.29 is 9.53 Å². The van der Waals surface area contributed by atoms with E-state index in [0.717, 1.165) is 47.5 Å². The largest absolute Gasteiger partial charge is 0.497 e. The average Bonchev–Trinajstić information content (AvgIpc) is 2.79. The van der Waals surface area contributed by atoms with Crippen LogP contribution >= 0.6 is 0 Å². The highest BCUT2D eigenvalue weighted by Gasteiger charge is 2.27. The Bertz CT molecular complexity index is 1000. The summed E-state index contributed by atoms with van der Waals surface area (Å²) in [5.74, 6) is 1.84. The number of aryl methyl sites for hydroxylation is 1. The number of piperidine rings is 1. The van der Waals surface area contributed by atoms with Crippen molar-refractivity contribution in [2.24, 2.45) is 0 Å². The Kier molecular flexibility index (Phi) is 5.56. The number of nitrogens with zero attached hydrogens (tertiary/aromatic N) is 3. The Morgan fingerprint density at radius 3 is 2.66 bits per heavy atom. The molecule has 1 aromatic heterocycles. The Morgan fingerprint density at radius 2 is 1.90 bits per heavy atom. The lowest BCUT2D eigenvalue weighted by Gasteiger charge is -2.33. The zero-order valence-corrected chi connectivity index (χ0v) is 16.8. The van der Waals surface area contributed by atoms with E-state index in [1.807, 2.05) is 72.6 Å². The fraction of sp³-hybridized carbons (Fsp3) is 0.292. The lowest BCUT2D eigenvalue weighted by atomic mass is 9.93. The summed E-state index contributed by atoms with van der Waals surface area (Å²) in [6.07, 6.45) is 3.81. The van der Waals surface area contributed by atoms with Gasteiger partial charge in [-0.15, -0.1) is 0 Å². The molecule has 3 aromatic rings. The van der Waals surface area contributed by atoms with Gasteiger partial charge in [-0.2, -0.15) is 0 Å². The number of carbonyl (C=O) groups excluding carboxylic acids is 1. The number of hydrogen-bond donors (Lipinski definition) is 0. The molecule has 1 aliphatic heterocycles. The van der Waals surface area contributed by atoms with Gasteiger partial charge in [-0.1, -0.05) is 18.2 Å². The van der Waals surface area contributed by atoms with Crippen LogP contribution in [0.25, 0.3) is 11.4 Å². The van der Waals surface area contributed by atoms with Gasteiger partial charge in [0.05, 0.1) is 7.11 Å². The molecule has 0 saturated carbocycles. The highest BCUT2D eigenvalue weighted by atomic mass is 16.5. The van der Waals surface area contributed by atoms with E-state index in [-0.39, 0.29) is 11.8 Å². The third-order valence-corrected chi connectivity index (χ3v) is 5.53. The summed E-state index contributed by atoms with van der Waals surface area (Å²) in [5.41, 5.74) is 3.75. The molecular formula is C24H25N3O2. The molecule has 1 amide bonds. The van der Waals surface area contributed by atoms with Crippen molar-refractivity contribution in [3.05, 3.63) is 77.6 Å². The topological polar surface area (TPSA) is 55.3 Å². The lowest BCUT2D eigenvalue weighted by molar-refractivity contribution is 0.0705. The number of carbonyl (C=O) groups is 1. The Labute approximate surface area is 171 Å². The van der Waals surface area contributed by atoms with Crippen LogP contribution in [-0.2, 0) is 0 Å². The smallest absolute Gasteiger partial charge is 0.254 e. The van der Waals surface area contributed by atoms with Gasteiger partial charge >= 0.3 is 0 Å². The van der Waals surface area contributed by atoms with Gasteiger partial charge in [-0.3, -0.25) is 4.79 Å². The Hall–Kier alpha value is -3.21. The molecule has 5 nitrogen and oxygen atoms in total. The molecule has 148 valence electrons. The highest BCUT2D eigenvalue weighted by molar-refractivity contribution is 5.95. The predicted molar refractivity (Wildman–Crippen MR) is 113 cm³/mol. The summed E-state index contributed by atoms with van der Waals surface area (Å²) in [5, 5.41) is 0. The number of hydrogen-bond acceptors (Lipinski definition) is 4. The van der Waals surface area contributed by atoms with Crippen molar-refractivity contribution in [3.63, 3.8) is 0 Å². The second kappa shape index (κ2) is 8.43. The lowest BCUT2D eigenvalue weighted by Crippen LogP contribution is -2.39. The highest BCUT2D eigenvalue weighted by Crippen LogP contribution is 2.28. The third-order valence-electron chi connectivity index (χ3n) is 5.53. The minimum atomic E-state index is 0.109. The molecule has 0 spiro atoms. The summed E-state index contributed by atoms with van der Waals surface area (Å²) in [6.45, 7) is 3.46. The average molecular weight is 387 g/mol. The van der Waals surface area contributed by atoms with Crippen LogP contribution in [0, 0.1) is 6.92 Å². The molecule has 0 aliphatic carbocycles. The predicted octanol–water partition coefficient (Wildman–Crippen LogP) is 4.48. The minimum absolute atomic E-state index is 0.109. The normalized spacial score (nSPS) is 16.5. The van der Waals surface area contributed by atoms with Crippen LogP contribution < -0.4 is 4.74 Å². The van der Waals surface area contributed by atoms with Crippen molar-refractivity contribution in [3.8, 4) is 17.1 Å². The SMILES string of the molecule is COc1ccc(-c2nccc([C@H]3CCCN(C(=O)c4ccccc4C)C3)n2)cc1. The number of likely N-dealkylation sites (tertiary alicyclic amines) is 1. The van der Waals surface area contributed by atoms with E-state index in [0.29, 0.717) is 12.4 Å². The maximum absolute atomic E-state index is 13.0. The van der Waals surface area contributed by atoms with E-state index in [4.69, 9.17) is 9.72 Å². The van der Waals surface area contributed by atoms with Crippen LogP contribution in [0.15, 0.2) is 60.8 Å². The fourth-order valence-corrected chi connectivity index (χ4v) is 3.87. The minimum Gasteiger partial charge on any atom is -0.497 e. The number of ether oxygens (including phenoxy) is 1. The number of benzene rings is 2. The maximum atomic E-state index is 13.0. The number of aromatic nitrogens is 2. The number of methoxy groups -OCH3 is 1. The summed E-state index contributed by atoms with van der Waals surface area (Å²) >= 11 is 0. The van der Waals surface area contributed by atoms with Gasteiger partial charge in [0.25, 0.3) is 5.91 Å². The van der Waals surface area contributed by atoms with Crippen molar-refractivity contribution in [2.45, 2.75) is 25.7 Å². The van der Waals surface area contributed by atoms with Gasteiger partial charge in [-0.25, -0.2) is 9.97 Å². The second-order valence-corrected chi connectivity index (χ2v) is 7.44. The van der Waals surface area contributed by atoms with Gasteiger partial charge in [0, 0.05) is 42.0 Å². The van der Waals surface area contributed by atoms with Gasteiger partial charge in [0.2, 0.25) is 0 Å². The third kappa shape index (κ3) is 4.14. The first-order valence-electron chi connectivity index (χ1n) is 9.98. The monoisotopic (exact) mass is 387 g/mol. The molecule has 1 aliphatic rings. The second-order valence-electron chi connectivity index (χ2n) is 7.44. The molecule has 4 rings (SSSR count). The van der Waals surface area contributed by atoms with Crippen LogP contribution in [0.3, 0.4) is 0 Å². The van der Waals surface area contributed by atoms with Crippen LogP contribution in [0.1, 0.15) is 40.4 Å². The molecule has 5 heteroatoms. The fourth-order valence-electron chi connectivity index (χ4n) is 3.87. The maximum Gasteiger partial charge on any atom is 0.254 e. The van der Waals surface area contributed by atoms with E-state index >= 15 is 0 Å². The van der Waals surface area contributed by atoms with Crippen molar-refractivity contribution in [2.75, 3.05) is 20.2 Å². The molecule has 1 atom stereocenters. The van der Waals surface area contributed by atoms with Gasteiger partial charge in [0.1, 0.15) is 5.75 Å². The van der Waals surface area contributed by atoms with Gasteiger partial charge < -0.3 is 9.64 Å². The summed E-state index contributed by atoms with van der Waals surface area (Å²) in [4.78, 5) is 24.2. The molecule has 0 unspecified atom stereocenters. The summed E-state index contributed by atoms with van der Waals surface area (Å²) in [7, 11) is 1.65. The zero-order valence-electron chi connectivity index (χ0n) is 16.8. The zero-order chi connectivity index (χ0) is 20.2. The van der Waals surface area contributed by atoms with E-state index in [1.54, 1.807) is 7.11 Å². The molecule has 29 heavy (non-hydrogen) atoms. The number of amides is 1. The molecule has 2 aromatic carbocycles. The van der Waals surface area contributed by atoms with E-state index in [9.17, 15) is 4.79 Å². The summed E-state index contributed by atoms with van der Waals surface area (Å²) in [6, 6.07) is 17.5. The van der Waals surface area contributed by atoms with Crippen LogP contribution in [0.5, 0.6) is 5.75 Å². The number of rotatable bonds is 4. The van der Waals surface area contributed by atoms with E-state index < -0.39 is 0 Å². The van der Waals surface area contributed by atoms with Crippen LogP contribution in [-0.4, -0.2) is 41.0 Å². The van der Waals surface area contributed by atoms with Gasteiger partial charge in [-0.05, 0) is 61.7 Å². The van der Waals surface area contributed by atoms with Gasteiger partial charge in [0.15, 0.2) is 5.82 Å². The molecule has 1 saturated heterocycles. The molecular weight excluding hydrogens is 362 g/mol. The molecule has 2 heterocycles. The molecule has 0 radical (unpaired) electrons. The Morgan fingerprint density at radius 1 is 1.10 bits per heavy atom. The van der Waals surface area contributed by atoms with Crippen molar-refractivity contribution in [1.29, 1.82) is 0 Å². The first-order valence-corrected chi connectivity index (χ1v) is 9.98. The van der Waals surface area contributed by atoms with E-state index in [2.05, 4.69) is 4.98 Å². The first-order chi connectivity index (χ1) is 14.2. The standard InChI is InChI=1S/C24H25N3O2/c1-17-6-3-4-8-21(17)24(28)27-15-5-7-19(16-27)22-13-14-25-23(26-22)18-9-11-20(29-2)12-10-18/h3-4,6,8-14,19H,5,7,15-16H2,1-2H3/t19-/m0/s1. The Balaban J connectivity index is 1.54. The molecule has 0 N–H and O–H groups in total. The quantitative estimate of drug-likeness (QED) is 0.662. The van der Waals surface area contributed by atoms with Crippen LogP contribution in [0.4, 0.5) is 0 Å². The van der Waals surface area contributed by atoms with Crippen LogP contribution in [0.2, 0.25) is 0 Å². The van der Waals surface area contributed by atoms with Crippen molar-refractivity contribution in [1.82, 2.24) is 14.9 Å².